The van der Waals surface area contributed by atoms with Crippen molar-refractivity contribution in [3.8, 4) is 5.75 Å². The largest absolute Gasteiger partial charge is 0.490 e. The number of rotatable bonds is 7. The average molecular weight is 610 g/mol. The third-order valence-corrected chi connectivity index (χ3v) is 10.6. The molecule has 2 aliphatic heterocycles. The number of hydrogen-bond donors (Lipinski definition) is 1. The van der Waals surface area contributed by atoms with Gasteiger partial charge in [-0.3, -0.25) is 9.69 Å². The van der Waals surface area contributed by atoms with Crippen LogP contribution >= 0.6 is 0 Å². The van der Waals surface area contributed by atoms with Crippen LogP contribution in [0, 0.1) is 29.6 Å². The van der Waals surface area contributed by atoms with Crippen LogP contribution in [0.5, 0.6) is 5.75 Å². The summed E-state index contributed by atoms with van der Waals surface area (Å²) in [6, 6.07) is 7.02. The molecule has 3 fully saturated rings. The van der Waals surface area contributed by atoms with Gasteiger partial charge in [0.25, 0.3) is 0 Å². The van der Waals surface area contributed by atoms with Gasteiger partial charge in [-0.05, 0) is 110 Å². The molecule has 10 heteroatoms. The second kappa shape index (κ2) is 11.0. The summed E-state index contributed by atoms with van der Waals surface area (Å²) in [7, 11) is 0. The molecule has 2 bridgehead atoms. The van der Waals surface area contributed by atoms with Crippen LogP contribution in [0.2, 0.25) is 0 Å². The standard InChI is InChI=1S/C33H37F6NO3/c1-17(31(41)42)29(20-4-5-20)21-6-3-19-9-12-27(43-28(19)13-21)30-22-7-8-23(30)16-40(15-22)18(2)25-14-24(32(34,35)36)10-11-26(25)33(37,38)39/h3,6,10-11,13-14,17-18,20,22-23,27,29-30H,4-5,7-9,12,15-16H2,1-2H3,(H,41,42)/t17-,18-,22+,23+,27?,29-/m0/s1. The molecule has 43 heavy (non-hydrogen) atoms. The van der Waals surface area contributed by atoms with E-state index in [1.54, 1.807) is 13.8 Å². The number of carbonyl (C=O) groups is 1. The zero-order valence-corrected chi connectivity index (χ0v) is 24.2. The van der Waals surface area contributed by atoms with E-state index >= 15 is 0 Å². The van der Waals surface area contributed by atoms with Gasteiger partial charge in [-0.25, -0.2) is 0 Å². The number of alkyl halides is 6. The highest BCUT2D eigenvalue weighted by Crippen LogP contribution is 2.51. The lowest BCUT2D eigenvalue weighted by molar-refractivity contribution is -0.142. The van der Waals surface area contributed by atoms with Crippen LogP contribution in [0.4, 0.5) is 26.3 Å². The van der Waals surface area contributed by atoms with Gasteiger partial charge in [0.15, 0.2) is 0 Å². The number of fused-ring (bicyclic) bond motifs is 3. The fourth-order valence-electron chi connectivity index (χ4n) is 8.23. The van der Waals surface area contributed by atoms with Crippen molar-refractivity contribution >= 4 is 5.97 Å². The zero-order valence-electron chi connectivity index (χ0n) is 24.2. The number of aliphatic carboxylic acids is 1. The molecule has 0 spiro atoms. The number of nitrogens with zero attached hydrogens (tertiary/aromatic N) is 1. The summed E-state index contributed by atoms with van der Waals surface area (Å²) in [6.07, 6.45) is -4.05. The van der Waals surface area contributed by atoms with E-state index in [9.17, 15) is 36.2 Å². The van der Waals surface area contributed by atoms with E-state index in [-0.39, 0.29) is 35.3 Å². The molecule has 0 radical (unpaired) electrons. The van der Waals surface area contributed by atoms with Crippen molar-refractivity contribution in [2.45, 2.75) is 82.8 Å². The van der Waals surface area contributed by atoms with Gasteiger partial charge in [0.05, 0.1) is 17.0 Å². The highest BCUT2D eigenvalue weighted by atomic mass is 19.4. The van der Waals surface area contributed by atoms with Crippen molar-refractivity contribution in [1.29, 1.82) is 0 Å². The van der Waals surface area contributed by atoms with Crippen LogP contribution in [0.3, 0.4) is 0 Å². The molecule has 2 heterocycles. The molecule has 4 nitrogen and oxygen atoms in total. The maximum absolute atomic E-state index is 13.9. The molecule has 2 aromatic carbocycles. The summed E-state index contributed by atoms with van der Waals surface area (Å²) in [5.41, 5.74) is -0.343. The molecule has 1 saturated heterocycles. The fraction of sp³-hybridized carbons (Fsp3) is 0.606. The van der Waals surface area contributed by atoms with Crippen molar-refractivity contribution in [3.05, 3.63) is 64.2 Å². The van der Waals surface area contributed by atoms with Gasteiger partial charge < -0.3 is 9.84 Å². The number of hydrogen-bond acceptors (Lipinski definition) is 3. The van der Waals surface area contributed by atoms with Crippen molar-refractivity contribution in [2.24, 2.45) is 29.6 Å². The predicted octanol–water partition coefficient (Wildman–Crippen LogP) is 8.35. The van der Waals surface area contributed by atoms with Gasteiger partial charge in [-0.1, -0.05) is 19.1 Å². The Kier molecular flexibility index (Phi) is 7.75. The Bertz CT molecular complexity index is 1360. The molecule has 2 aliphatic carbocycles. The summed E-state index contributed by atoms with van der Waals surface area (Å²) in [6.45, 7) is 4.34. The third kappa shape index (κ3) is 5.88. The molecule has 1 unspecified atom stereocenters. The summed E-state index contributed by atoms with van der Waals surface area (Å²) in [5, 5.41) is 9.70. The monoisotopic (exact) mass is 609 g/mol. The number of halogens is 6. The van der Waals surface area contributed by atoms with Gasteiger partial charge in [-0.2, -0.15) is 26.3 Å². The highest BCUT2D eigenvalue weighted by molar-refractivity contribution is 5.71. The molecule has 6 atom stereocenters. The third-order valence-electron chi connectivity index (χ3n) is 10.6. The molecule has 6 rings (SSSR count). The number of carboxylic acid groups (broad SMARTS) is 1. The van der Waals surface area contributed by atoms with Gasteiger partial charge in [0, 0.05) is 25.0 Å². The van der Waals surface area contributed by atoms with E-state index in [0.717, 1.165) is 55.4 Å². The fourth-order valence-corrected chi connectivity index (χ4v) is 8.23. The SMILES string of the molecule is C[C@H](C(=O)O)[C@H](c1ccc2c(c1)OC(C1[C@@H]3CC[C@@H]1CN([C@@H](C)c1cc(C(F)(F)F)ccc1C(F)(F)F)C3)CC2)C1CC1. The number of carboxylic acids is 1. The van der Waals surface area contributed by atoms with Crippen molar-refractivity contribution in [1.82, 2.24) is 4.90 Å². The molecule has 4 aliphatic rings. The Hall–Kier alpha value is -2.75. The maximum Gasteiger partial charge on any atom is 0.416 e. The van der Waals surface area contributed by atoms with E-state index in [1.807, 2.05) is 17.0 Å². The lowest BCUT2D eigenvalue weighted by Crippen LogP contribution is -2.49. The summed E-state index contributed by atoms with van der Waals surface area (Å²) >= 11 is 0. The van der Waals surface area contributed by atoms with E-state index in [2.05, 4.69) is 6.07 Å². The van der Waals surface area contributed by atoms with Crippen LogP contribution in [0.15, 0.2) is 36.4 Å². The minimum absolute atomic E-state index is 0.0618. The van der Waals surface area contributed by atoms with Gasteiger partial charge >= 0.3 is 18.3 Å². The highest BCUT2D eigenvalue weighted by Gasteiger charge is 2.49. The first kappa shape index (κ1) is 30.3. The summed E-state index contributed by atoms with van der Waals surface area (Å²) in [5.74, 6) is 0.336. The Morgan fingerprint density at radius 1 is 0.907 bits per heavy atom. The van der Waals surface area contributed by atoms with Crippen LogP contribution in [0.25, 0.3) is 0 Å². The molecular weight excluding hydrogens is 572 g/mol. The van der Waals surface area contributed by atoms with Crippen LogP contribution in [-0.4, -0.2) is 35.2 Å². The number of aryl methyl sites for hydroxylation is 1. The van der Waals surface area contributed by atoms with Gasteiger partial charge in [0.2, 0.25) is 0 Å². The maximum atomic E-state index is 13.9. The second-order valence-corrected chi connectivity index (χ2v) is 13.2. The molecule has 2 saturated carbocycles. The minimum Gasteiger partial charge on any atom is -0.490 e. The van der Waals surface area contributed by atoms with E-state index < -0.39 is 41.4 Å². The molecular formula is C33H37F6NO3. The summed E-state index contributed by atoms with van der Waals surface area (Å²) in [4.78, 5) is 13.7. The van der Waals surface area contributed by atoms with E-state index in [1.165, 1.54) is 0 Å². The van der Waals surface area contributed by atoms with E-state index in [4.69, 9.17) is 4.74 Å². The first-order valence-electron chi connectivity index (χ1n) is 15.3. The number of ether oxygens (including phenoxy) is 1. The first-order valence-corrected chi connectivity index (χ1v) is 15.3. The quantitative estimate of drug-likeness (QED) is 0.321. The lowest BCUT2D eigenvalue weighted by atomic mass is 9.77. The number of piperidine rings is 1. The Morgan fingerprint density at radius 3 is 2.16 bits per heavy atom. The molecule has 2 aromatic rings. The van der Waals surface area contributed by atoms with Crippen molar-refractivity contribution in [3.63, 3.8) is 0 Å². The minimum atomic E-state index is -4.76. The van der Waals surface area contributed by atoms with Crippen molar-refractivity contribution < 1.29 is 41.0 Å². The molecule has 0 amide bonds. The smallest absolute Gasteiger partial charge is 0.416 e. The Morgan fingerprint density at radius 2 is 1.58 bits per heavy atom. The predicted molar refractivity (Wildman–Crippen MR) is 148 cm³/mol. The first-order chi connectivity index (χ1) is 20.2. The van der Waals surface area contributed by atoms with Crippen molar-refractivity contribution in [2.75, 3.05) is 13.1 Å². The normalized spacial score (nSPS) is 28.1. The van der Waals surface area contributed by atoms with Gasteiger partial charge in [-0.15, -0.1) is 0 Å². The summed E-state index contributed by atoms with van der Waals surface area (Å²) < 4.78 is 88.6. The number of benzene rings is 2. The average Bonchev–Trinajstić information content (AvgIpc) is 3.74. The molecule has 0 aromatic heterocycles. The molecule has 234 valence electrons. The zero-order chi connectivity index (χ0) is 30.8. The van der Waals surface area contributed by atoms with Crippen LogP contribution in [0.1, 0.15) is 85.7 Å². The van der Waals surface area contributed by atoms with Crippen LogP contribution in [-0.2, 0) is 23.6 Å². The van der Waals surface area contributed by atoms with E-state index in [0.29, 0.717) is 37.2 Å². The molecule has 1 N–H and O–H groups in total. The number of likely N-dealkylation sites (tertiary alicyclic amines) is 1. The topological polar surface area (TPSA) is 49.8 Å². The second-order valence-electron chi connectivity index (χ2n) is 13.2. The lowest BCUT2D eigenvalue weighted by Gasteiger charge is -2.45. The Balaban J connectivity index is 1.20. The Labute approximate surface area is 247 Å². The van der Waals surface area contributed by atoms with Gasteiger partial charge in [0.1, 0.15) is 11.9 Å². The van der Waals surface area contributed by atoms with Crippen LogP contribution < -0.4 is 4.74 Å².